The molecule has 1 unspecified atom stereocenters. The average Bonchev–Trinajstić information content (AvgIpc) is 3.00. The van der Waals surface area contributed by atoms with E-state index in [1.807, 2.05) is 24.3 Å². The topological polar surface area (TPSA) is 46.6 Å². The van der Waals surface area contributed by atoms with Gasteiger partial charge in [0.05, 0.1) is 10.6 Å². The van der Waals surface area contributed by atoms with Gasteiger partial charge in [0.1, 0.15) is 0 Å². The van der Waals surface area contributed by atoms with Gasteiger partial charge in [0.15, 0.2) is 6.10 Å². The van der Waals surface area contributed by atoms with E-state index in [0.717, 1.165) is 17.7 Å². The maximum atomic E-state index is 12.6. The number of esters is 1. The molecule has 1 atom stereocenters. The van der Waals surface area contributed by atoms with E-state index in [1.54, 1.807) is 30.0 Å². The Balaban J connectivity index is 1.73. The van der Waals surface area contributed by atoms with E-state index in [9.17, 15) is 9.59 Å². The standard InChI is InChI=1S/C18H15BrClNO3/c1-11(24-18(23)14-10-13(19)6-7-15(14)20)17(22)21-9-8-12-4-2-3-5-16(12)21/h2-7,10-11H,8-9H2,1H3. The number of carbonyl (C=O) groups excluding carboxylic acids is 2. The Morgan fingerprint density at radius 3 is 2.79 bits per heavy atom. The molecule has 2 aromatic rings. The second-order valence-electron chi connectivity index (χ2n) is 5.54. The first-order chi connectivity index (χ1) is 11.5. The van der Waals surface area contributed by atoms with Crippen LogP contribution in [0.3, 0.4) is 0 Å². The summed E-state index contributed by atoms with van der Waals surface area (Å²) in [7, 11) is 0. The van der Waals surface area contributed by atoms with Crippen LogP contribution in [-0.2, 0) is 16.0 Å². The quantitative estimate of drug-likeness (QED) is 0.714. The molecule has 0 radical (unpaired) electrons. The first-order valence-corrected chi connectivity index (χ1v) is 8.70. The zero-order valence-corrected chi connectivity index (χ0v) is 15.3. The second-order valence-corrected chi connectivity index (χ2v) is 6.86. The monoisotopic (exact) mass is 407 g/mol. The van der Waals surface area contributed by atoms with Crippen LogP contribution in [0.2, 0.25) is 5.02 Å². The third-order valence-corrected chi connectivity index (χ3v) is 4.76. The lowest BCUT2D eigenvalue weighted by Gasteiger charge is -2.21. The average molecular weight is 409 g/mol. The normalized spacial score (nSPS) is 14.2. The van der Waals surface area contributed by atoms with Crippen molar-refractivity contribution in [3.05, 3.63) is 63.1 Å². The highest BCUT2D eigenvalue weighted by atomic mass is 79.9. The zero-order chi connectivity index (χ0) is 17.3. The second kappa shape index (κ2) is 6.95. The SMILES string of the molecule is CC(OC(=O)c1cc(Br)ccc1Cl)C(=O)N1CCc2ccccc21. The van der Waals surface area contributed by atoms with Crippen LogP contribution >= 0.6 is 27.5 Å². The van der Waals surface area contributed by atoms with Crippen LogP contribution in [-0.4, -0.2) is 24.5 Å². The molecular weight excluding hydrogens is 394 g/mol. The van der Waals surface area contributed by atoms with E-state index in [2.05, 4.69) is 15.9 Å². The molecule has 0 saturated carbocycles. The summed E-state index contributed by atoms with van der Waals surface area (Å²) in [6.45, 7) is 2.17. The van der Waals surface area contributed by atoms with Crippen LogP contribution in [0.5, 0.6) is 0 Å². The van der Waals surface area contributed by atoms with Gasteiger partial charge in [-0.3, -0.25) is 4.79 Å². The molecule has 1 aliphatic heterocycles. The molecule has 0 saturated heterocycles. The number of halogens is 2. The molecule has 0 aliphatic carbocycles. The van der Waals surface area contributed by atoms with E-state index in [4.69, 9.17) is 16.3 Å². The smallest absolute Gasteiger partial charge is 0.340 e. The number of amides is 1. The van der Waals surface area contributed by atoms with Gasteiger partial charge in [-0.2, -0.15) is 0 Å². The Labute approximate surface area is 153 Å². The zero-order valence-electron chi connectivity index (χ0n) is 13.0. The molecule has 6 heteroatoms. The molecule has 0 spiro atoms. The Hall–Kier alpha value is -1.85. The molecule has 1 heterocycles. The molecular formula is C18H15BrClNO3. The van der Waals surface area contributed by atoms with Gasteiger partial charge in [-0.1, -0.05) is 45.7 Å². The largest absolute Gasteiger partial charge is 0.449 e. The fourth-order valence-electron chi connectivity index (χ4n) is 2.71. The lowest BCUT2D eigenvalue weighted by Crippen LogP contribution is -2.39. The van der Waals surface area contributed by atoms with Gasteiger partial charge in [0, 0.05) is 16.7 Å². The first-order valence-electron chi connectivity index (χ1n) is 7.52. The Morgan fingerprint density at radius 2 is 2.00 bits per heavy atom. The molecule has 1 amide bonds. The van der Waals surface area contributed by atoms with Gasteiger partial charge in [-0.25, -0.2) is 4.79 Å². The number of benzene rings is 2. The van der Waals surface area contributed by atoms with Crippen molar-refractivity contribution in [2.24, 2.45) is 0 Å². The molecule has 3 rings (SSSR count). The van der Waals surface area contributed by atoms with Crippen molar-refractivity contribution in [2.45, 2.75) is 19.4 Å². The summed E-state index contributed by atoms with van der Waals surface area (Å²) in [5, 5.41) is 0.286. The molecule has 124 valence electrons. The number of rotatable bonds is 3. The molecule has 0 N–H and O–H groups in total. The van der Waals surface area contributed by atoms with Crippen molar-refractivity contribution >= 4 is 45.1 Å². The number of fused-ring (bicyclic) bond motifs is 1. The number of nitrogens with zero attached hydrogens (tertiary/aromatic N) is 1. The van der Waals surface area contributed by atoms with Crippen LogP contribution in [0.25, 0.3) is 0 Å². The van der Waals surface area contributed by atoms with Crippen molar-refractivity contribution in [3.63, 3.8) is 0 Å². The lowest BCUT2D eigenvalue weighted by atomic mass is 10.2. The van der Waals surface area contributed by atoms with E-state index >= 15 is 0 Å². The summed E-state index contributed by atoms with van der Waals surface area (Å²) in [6.07, 6.45) is -0.0845. The highest BCUT2D eigenvalue weighted by Crippen LogP contribution is 2.28. The number of ether oxygens (including phenoxy) is 1. The molecule has 1 aliphatic rings. The number of hydrogen-bond donors (Lipinski definition) is 0. The van der Waals surface area contributed by atoms with Gasteiger partial charge in [-0.15, -0.1) is 0 Å². The summed E-state index contributed by atoms with van der Waals surface area (Å²) >= 11 is 9.32. The van der Waals surface area contributed by atoms with Gasteiger partial charge in [0.2, 0.25) is 0 Å². The van der Waals surface area contributed by atoms with E-state index in [1.165, 1.54) is 0 Å². The Morgan fingerprint density at radius 1 is 1.25 bits per heavy atom. The van der Waals surface area contributed by atoms with Crippen LogP contribution in [0.1, 0.15) is 22.8 Å². The number of para-hydroxylation sites is 1. The number of anilines is 1. The van der Waals surface area contributed by atoms with Gasteiger partial charge >= 0.3 is 5.97 Å². The van der Waals surface area contributed by atoms with Crippen molar-refractivity contribution in [2.75, 3.05) is 11.4 Å². The van der Waals surface area contributed by atoms with Crippen molar-refractivity contribution < 1.29 is 14.3 Å². The van der Waals surface area contributed by atoms with Crippen molar-refractivity contribution in [1.29, 1.82) is 0 Å². The van der Waals surface area contributed by atoms with Crippen molar-refractivity contribution in [3.8, 4) is 0 Å². The highest BCUT2D eigenvalue weighted by molar-refractivity contribution is 9.10. The van der Waals surface area contributed by atoms with Gasteiger partial charge < -0.3 is 9.64 Å². The van der Waals surface area contributed by atoms with Crippen molar-refractivity contribution in [1.82, 2.24) is 0 Å². The summed E-state index contributed by atoms with van der Waals surface area (Å²) < 4.78 is 6.04. The fraction of sp³-hybridized carbons (Fsp3) is 0.222. The maximum Gasteiger partial charge on any atom is 0.340 e. The Bertz CT molecular complexity index is 809. The molecule has 0 aromatic heterocycles. The van der Waals surface area contributed by atoms with Gasteiger partial charge in [0.25, 0.3) is 5.91 Å². The van der Waals surface area contributed by atoms with E-state index in [0.29, 0.717) is 11.0 Å². The van der Waals surface area contributed by atoms with Crippen LogP contribution in [0.15, 0.2) is 46.9 Å². The third-order valence-electron chi connectivity index (χ3n) is 3.93. The molecule has 24 heavy (non-hydrogen) atoms. The predicted molar refractivity (Wildman–Crippen MR) is 96.5 cm³/mol. The minimum atomic E-state index is -0.890. The van der Waals surface area contributed by atoms with Crippen LogP contribution in [0.4, 0.5) is 5.69 Å². The summed E-state index contributed by atoms with van der Waals surface area (Å²) in [5.41, 5.74) is 2.23. The third kappa shape index (κ3) is 3.32. The van der Waals surface area contributed by atoms with E-state index in [-0.39, 0.29) is 16.5 Å². The first kappa shape index (κ1) is 17.0. The minimum Gasteiger partial charge on any atom is -0.449 e. The maximum absolute atomic E-state index is 12.6. The van der Waals surface area contributed by atoms with Crippen LogP contribution < -0.4 is 4.90 Å². The summed E-state index contributed by atoms with van der Waals surface area (Å²) in [6, 6.07) is 12.7. The Kier molecular flexibility index (Phi) is 4.92. The van der Waals surface area contributed by atoms with Crippen LogP contribution in [0, 0.1) is 0 Å². The van der Waals surface area contributed by atoms with E-state index < -0.39 is 12.1 Å². The highest BCUT2D eigenvalue weighted by Gasteiger charge is 2.30. The summed E-state index contributed by atoms with van der Waals surface area (Å²) in [4.78, 5) is 26.6. The molecule has 0 fully saturated rings. The predicted octanol–water partition coefficient (Wildman–Crippen LogP) is 4.24. The lowest BCUT2D eigenvalue weighted by molar-refractivity contribution is -0.126. The number of carbonyl (C=O) groups is 2. The minimum absolute atomic E-state index is 0.229. The fourth-order valence-corrected chi connectivity index (χ4v) is 3.27. The molecule has 2 aromatic carbocycles. The molecule has 0 bridgehead atoms. The number of hydrogen-bond acceptors (Lipinski definition) is 3. The van der Waals surface area contributed by atoms with Gasteiger partial charge in [-0.05, 0) is 43.2 Å². The molecule has 4 nitrogen and oxygen atoms in total. The summed E-state index contributed by atoms with van der Waals surface area (Å²) in [5.74, 6) is -0.853.